The van der Waals surface area contributed by atoms with Gasteiger partial charge in [-0.2, -0.15) is 0 Å². The second kappa shape index (κ2) is 4.45. The maximum absolute atomic E-state index is 3.69. The molecule has 1 heteroatoms. The Labute approximate surface area is 83.3 Å². The Hall–Kier alpha value is -0.0400. The molecule has 0 aromatic rings. The van der Waals surface area contributed by atoms with Crippen molar-refractivity contribution in [2.45, 2.75) is 71.9 Å². The average molecular weight is 183 g/mol. The van der Waals surface area contributed by atoms with Gasteiger partial charge in [0, 0.05) is 12.1 Å². The standard InChI is InChI=1S/C12H25N/c1-10(8-9-12(2,3)4)13-11-6-5-7-11/h10-11,13H,5-9H2,1-4H3. The summed E-state index contributed by atoms with van der Waals surface area (Å²) in [6.45, 7) is 9.29. The highest BCUT2D eigenvalue weighted by molar-refractivity contribution is 4.79. The molecule has 0 saturated heterocycles. The van der Waals surface area contributed by atoms with Gasteiger partial charge in [-0.25, -0.2) is 0 Å². The summed E-state index contributed by atoms with van der Waals surface area (Å²) in [6, 6.07) is 1.56. The van der Waals surface area contributed by atoms with Crippen LogP contribution in [0, 0.1) is 5.41 Å². The first-order chi connectivity index (χ1) is 5.97. The van der Waals surface area contributed by atoms with Crippen LogP contribution in [-0.2, 0) is 0 Å². The lowest BCUT2D eigenvalue weighted by molar-refractivity contribution is 0.277. The lowest BCUT2D eigenvalue weighted by Gasteiger charge is -2.31. The number of hydrogen-bond donors (Lipinski definition) is 1. The fourth-order valence-corrected chi connectivity index (χ4v) is 1.71. The minimum atomic E-state index is 0.496. The lowest BCUT2D eigenvalue weighted by atomic mass is 9.87. The predicted molar refractivity (Wildman–Crippen MR) is 58.9 cm³/mol. The molecular formula is C12H25N. The molecule has 78 valence electrons. The minimum Gasteiger partial charge on any atom is -0.312 e. The van der Waals surface area contributed by atoms with E-state index in [4.69, 9.17) is 0 Å². The van der Waals surface area contributed by atoms with Gasteiger partial charge in [-0.3, -0.25) is 0 Å². The molecule has 0 aromatic carbocycles. The second-order valence-corrected chi connectivity index (χ2v) is 5.79. The first-order valence-electron chi connectivity index (χ1n) is 5.73. The van der Waals surface area contributed by atoms with Crippen LogP contribution in [0.1, 0.15) is 59.8 Å². The van der Waals surface area contributed by atoms with Crippen molar-refractivity contribution in [3.63, 3.8) is 0 Å². The zero-order valence-corrected chi connectivity index (χ0v) is 9.69. The van der Waals surface area contributed by atoms with Gasteiger partial charge < -0.3 is 5.32 Å². The van der Waals surface area contributed by atoms with Gasteiger partial charge in [0.05, 0.1) is 0 Å². The van der Waals surface area contributed by atoms with Crippen molar-refractivity contribution < 1.29 is 0 Å². The van der Waals surface area contributed by atoms with Gasteiger partial charge in [0.25, 0.3) is 0 Å². The molecule has 1 saturated carbocycles. The van der Waals surface area contributed by atoms with E-state index in [1.807, 2.05) is 0 Å². The summed E-state index contributed by atoms with van der Waals surface area (Å²) in [7, 11) is 0. The Balaban J connectivity index is 2.06. The fourth-order valence-electron chi connectivity index (χ4n) is 1.71. The van der Waals surface area contributed by atoms with Crippen LogP contribution < -0.4 is 5.32 Å². The topological polar surface area (TPSA) is 12.0 Å². The van der Waals surface area contributed by atoms with E-state index in [0.29, 0.717) is 11.5 Å². The first kappa shape index (κ1) is 11.0. The Bertz CT molecular complexity index is 142. The van der Waals surface area contributed by atoms with E-state index in [1.165, 1.54) is 32.1 Å². The van der Waals surface area contributed by atoms with Crippen molar-refractivity contribution >= 4 is 0 Å². The first-order valence-corrected chi connectivity index (χ1v) is 5.73. The zero-order chi connectivity index (χ0) is 9.90. The second-order valence-electron chi connectivity index (χ2n) is 5.79. The van der Waals surface area contributed by atoms with Crippen LogP contribution in [0.4, 0.5) is 0 Å². The normalized spacial score (nSPS) is 21.2. The van der Waals surface area contributed by atoms with Crippen molar-refractivity contribution in [1.29, 1.82) is 0 Å². The van der Waals surface area contributed by atoms with Crippen molar-refractivity contribution in [2.75, 3.05) is 0 Å². The third kappa shape index (κ3) is 4.66. The summed E-state index contributed by atoms with van der Waals surface area (Å²) in [5, 5.41) is 3.69. The molecule has 1 atom stereocenters. The van der Waals surface area contributed by atoms with E-state index >= 15 is 0 Å². The Kier molecular flexibility index (Phi) is 3.78. The van der Waals surface area contributed by atoms with E-state index in [-0.39, 0.29) is 0 Å². The molecule has 0 spiro atoms. The summed E-state index contributed by atoms with van der Waals surface area (Å²) < 4.78 is 0. The van der Waals surface area contributed by atoms with Crippen LogP contribution in [0.2, 0.25) is 0 Å². The van der Waals surface area contributed by atoms with Gasteiger partial charge in [-0.15, -0.1) is 0 Å². The van der Waals surface area contributed by atoms with Crippen LogP contribution in [-0.4, -0.2) is 12.1 Å². The molecule has 1 N–H and O–H groups in total. The molecule has 0 bridgehead atoms. The summed E-state index contributed by atoms with van der Waals surface area (Å²) >= 11 is 0. The lowest BCUT2D eigenvalue weighted by Crippen LogP contribution is -2.41. The van der Waals surface area contributed by atoms with E-state index in [9.17, 15) is 0 Å². The Morgan fingerprint density at radius 2 is 1.92 bits per heavy atom. The maximum Gasteiger partial charge on any atom is 0.00695 e. The molecule has 0 radical (unpaired) electrons. The highest BCUT2D eigenvalue weighted by Crippen LogP contribution is 2.23. The van der Waals surface area contributed by atoms with Crippen molar-refractivity contribution in [3.8, 4) is 0 Å². The number of rotatable bonds is 4. The van der Waals surface area contributed by atoms with Crippen molar-refractivity contribution in [3.05, 3.63) is 0 Å². The third-order valence-corrected chi connectivity index (χ3v) is 2.95. The van der Waals surface area contributed by atoms with Crippen LogP contribution in [0.15, 0.2) is 0 Å². The molecular weight excluding hydrogens is 158 g/mol. The quantitative estimate of drug-likeness (QED) is 0.705. The number of nitrogens with one attached hydrogen (secondary N) is 1. The van der Waals surface area contributed by atoms with Crippen molar-refractivity contribution in [1.82, 2.24) is 5.32 Å². The molecule has 1 rings (SSSR count). The van der Waals surface area contributed by atoms with Crippen LogP contribution in [0.5, 0.6) is 0 Å². The molecule has 0 heterocycles. The van der Waals surface area contributed by atoms with E-state index < -0.39 is 0 Å². The average Bonchev–Trinajstić information content (AvgIpc) is 1.91. The molecule has 1 aliphatic carbocycles. The Morgan fingerprint density at radius 3 is 2.31 bits per heavy atom. The monoisotopic (exact) mass is 183 g/mol. The van der Waals surface area contributed by atoms with Crippen molar-refractivity contribution in [2.24, 2.45) is 5.41 Å². The Morgan fingerprint density at radius 1 is 1.31 bits per heavy atom. The van der Waals surface area contributed by atoms with Crippen LogP contribution >= 0.6 is 0 Å². The maximum atomic E-state index is 3.69. The molecule has 13 heavy (non-hydrogen) atoms. The molecule has 0 aliphatic heterocycles. The third-order valence-electron chi connectivity index (χ3n) is 2.95. The van der Waals surface area contributed by atoms with Gasteiger partial charge in [0.2, 0.25) is 0 Å². The van der Waals surface area contributed by atoms with Crippen LogP contribution in [0.25, 0.3) is 0 Å². The largest absolute Gasteiger partial charge is 0.312 e. The number of hydrogen-bond acceptors (Lipinski definition) is 1. The minimum absolute atomic E-state index is 0.496. The predicted octanol–water partition coefficient (Wildman–Crippen LogP) is 3.34. The van der Waals surface area contributed by atoms with Gasteiger partial charge in [0.15, 0.2) is 0 Å². The van der Waals surface area contributed by atoms with E-state index in [0.717, 1.165) is 6.04 Å². The molecule has 1 aliphatic rings. The van der Waals surface area contributed by atoms with Gasteiger partial charge in [-0.05, 0) is 38.0 Å². The molecule has 0 amide bonds. The molecule has 1 fully saturated rings. The fraction of sp³-hybridized carbons (Fsp3) is 1.00. The summed E-state index contributed by atoms with van der Waals surface area (Å²) in [5.41, 5.74) is 0.496. The summed E-state index contributed by atoms with van der Waals surface area (Å²) in [4.78, 5) is 0. The summed E-state index contributed by atoms with van der Waals surface area (Å²) in [5.74, 6) is 0. The van der Waals surface area contributed by atoms with Crippen LogP contribution in [0.3, 0.4) is 0 Å². The van der Waals surface area contributed by atoms with E-state index in [2.05, 4.69) is 33.0 Å². The zero-order valence-electron chi connectivity index (χ0n) is 9.69. The van der Waals surface area contributed by atoms with Gasteiger partial charge in [0.1, 0.15) is 0 Å². The molecule has 0 aromatic heterocycles. The molecule has 1 nitrogen and oxygen atoms in total. The smallest absolute Gasteiger partial charge is 0.00695 e. The highest BCUT2D eigenvalue weighted by Gasteiger charge is 2.19. The van der Waals surface area contributed by atoms with Gasteiger partial charge in [-0.1, -0.05) is 27.2 Å². The molecule has 1 unspecified atom stereocenters. The van der Waals surface area contributed by atoms with Gasteiger partial charge >= 0.3 is 0 Å². The highest BCUT2D eigenvalue weighted by atomic mass is 15.0. The van der Waals surface area contributed by atoms with E-state index in [1.54, 1.807) is 0 Å². The SMILES string of the molecule is CC(CCC(C)(C)C)NC1CCC1. The summed E-state index contributed by atoms with van der Waals surface area (Å²) in [6.07, 6.45) is 6.89.